The number of carbonyl (C=O) groups is 1. The lowest BCUT2D eigenvalue weighted by Crippen LogP contribution is -2.30. The largest absolute Gasteiger partial charge is 0.478 e. The van der Waals surface area contributed by atoms with Crippen LogP contribution in [0.2, 0.25) is 0 Å². The van der Waals surface area contributed by atoms with E-state index in [1.165, 1.54) is 0 Å². The summed E-state index contributed by atoms with van der Waals surface area (Å²) in [6.45, 7) is 0.795. The second-order valence-corrected chi connectivity index (χ2v) is 5.07. The SMILES string of the molecule is O=C(O)c1ccccc1NCC1(CO)CCCC1. The quantitative estimate of drug-likeness (QED) is 0.749. The van der Waals surface area contributed by atoms with Gasteiger partial charge in [-0.1, -0.05) is 25.0 Å². The molecule has 1 aromatic rings. The van der Waals surface area contributed by atoms with Gasteiger partial charge in [0.2, 0.25) is 0 Å². The summed E-state index contributed by atoms with van der Waals surface area (Å²) in [5, 5.41) is 21.8. The number of aliphatic hydroxyl groups is 1. The first-order valence-corrected chi connectivity index (χ1v) is 6.34. The van der Waals surface area contributed by atoms with Crippen LogP contribution in [0.1, 0.15) is 36.0 Å². The Bertz CT molecular complexity index is 425. The van der Waals surface area contributed by atoms with Gasteiger partial charge < -0.3 is 15.5 Å². The Labute approximate surface area is 107 Å². The predicted octanol–water partition coefficient (Wildman–Crippen LogP) is 2.35. The molecule has 0 amide bonds. The summed E-state index contributed by atoms with van der Waals surface area (Å²) in [5.41, 5.74) is 0.833. The molecule has 0 saturated heterocycles. The number of aliphatic hydroxyl groups excluding tert-OH is 1. The minimum Gasteiger partial charge on any atom is -0.478 e. The monoisotopic (exact) mass is 249 g/mol. The van der Waals surface area contributed by atoms with Crippen LogP contribution in [0, 0.1) is 5.41 Å². The Morgan fingerprint density at radius 1 is 1.28 bits per heavy atom. The van der Waals surface area contributed by atoms with Crippen LogP contribution in [-0.2, 0) is 0 Å². The van der Waals surface area contributed by atoms with Crippen molar-refractivity contribution in [2.45, 2.75) is 25.7 Å². The summed E-state index contributed by atoms with van der Waals surface area (Å²) in [6, 6.07) is 6.88. The number of hydrogen-bond donors (Lipinski definition) is 3. The van der Waals surface area contributed by atoms with Gasteiger partial charge >= 0.3 is 5.97 Å². The molecular formula is C14H19NO3. The molecule has 4 heteroatoms. The lowest BCUT2D eigenvalue weighted by atomic mass is 9.87. The van der Waals surface area contributed by atoms with Crippen LogP contribution in [-0.4, -0.2) is 29.3 Å². The lowest BCUT2D eigenvalue weighted by Gasteiger charge is -2.27. The highest BCUT2D eigenvalue weighted by atomic mass is 16.4. The molecule has 0 radical (unpaired) electrons. The predicted molar refractivity (Wildman–Crippen MR) is 69.9 cm³/mol. The Kier molecular flexibility index (Phi) is 3.87. The fourth-order valence-corrected chi connectivity index (χ4v) is 2.62. The summed E-state index contributed by atoms with van der Waals surface area (Å²) in [4.78, 5) is 11.1. The van der Waals surface area contributed by atoms with E-state index < -0.39 is 5.97 Å². The van der Waals surface area contributed by atoms with Crippen LogP contribution in [0.25, 0.3) is 0 Å². The summed E-state index contributed by atoms with van der Waals surface area (Å²) in [5.74, 6) is -0.928. The average molecular weight is 249 g/mol. The summed E-state index contributed by atoms with van der Waals surface area (Å²) >= 11 is 0. The highest BCUT2D eigenvalue weighted by molar-refractivity contribution is 5.94. The van der Waals surface area contributed by atoms with Crippen molar-refractivity contribution in [3.05, 3.63) is 29.8 Å². The van der Waals surface area contributed by atoms with Crippen LogP contribution in [0.15, 0.2) is 24.3 Å². The van der Waals surface area contributed by atoms with Crippen molar-refractivity contribution in [2.75, 3.05) is 18.5 Å². The maximum absolute atomic E-state index is 11.1. The van der Waals surface area contributed by atoms with Gasteiger partial charge in [0.15, 0.2) is 0 Å². The third-order valence-corrected chi connectivity index (χ3v) is 3.81. The van der Waals surface area contributed by atoms with Crippen molar-refractivity contribution in [3.63, 3.8) is 0 Å². The highest BCUT2D eigenvalue weighted by Gasteiger charge is 2.33. The molecule has 3 N–H and O–H groups in total. The molecule has 0 aromatic heterocycles. The van der Waals surface area contributed by atoms with E-state index in [2.05, 4.69) is 5.32 Å². The molecule has 1 aliphatic rings. The van der Waals surface area contributed by atoms with E-state index in [-0.39, 0.29) is 17.6 Å². The molecule has 0 atom stereocenters. The van der Waals surface area contributed by atoms with Crippen molar-refractivity contribution in [3.8, 4) is 0 Å². The summed E-state index contributed by atoms with van der Waals surface area (Å²) in [7, 11) is 0. The molecule has 1 aliphatic carbocycles. The zero-order valence-electron chi connectivity index (χ0n) is 10.4. The smallest absolute Gasteiger partial charge is 0.337 e. The Morgan fingerprint density at radius 3 is 2.56 bits per heavy atom. The number of hydrogen-bond acceptors (Lipinski definition) is 3. The van der Waals surface area contributed by atoms with E-state index in [9.17, 15) is 9.90 Å². The van der Waals surface area contributed by atoms with E-state index in [1.54, 1.807) is 18.2 Å². The van der Waals surface area contributed by atoms with E-state index in [0.717, 1.165) is 25.7 Å². The third kappa shape index (κ3) is 2.64. The standard InChI is InChI=1S/C14H19NO3/c16-10-14(7-3-4-8-14)9-15-12-6-2-1-5-11(12)13(17)18/h1-2,5-6,15-16H,3-4,7-10H2,(H,17,18). The fraction of sp³-hybridized carbons (Fsp3) is 0.500. The van der Waals surface area contributed by atoms with E-state index in [1.807, 2.05) is 6.07 Å². The first-order chi connectivity index (χ1) is 8.67. The number of benzene rings is 1. The zero-order chi connectivity index (χ0) is 13.0. The molecule has 98 valence electrons. The Hall–Kier alpha value is -1.55. The first kappa shape index (κ1) is 12.9. The lowest BCUT2D eigenvalue weighted by molar-refractivity contribution is 0.0698. The second kappa shape index (κ2) is 5.40. The molecule has 1 aromatic carbocycles. The molecular weight excluding hydrogens is 230 g/mol. The Morgan fingerprint density at radius 2 is 1.94 bits per heavy atom. The van der Waals surface area contributed by atoms with Crippen molar-refractivity contribution in [2.24, 2.45) is 5.41 Å². The van der Waals surface area contributed by atoms with Gasteiger partial charge in [-0.25, -0.2) is 4.79 Å². The number of carboxylic acid groups (broad SMARTS) is 1. The van der Waals surface area contributed by atoms with E-state index in [4.69, 9.17) is 5.11 Å². The minimum absolute atomic E-state index is 0.0778. The van der Waals surface area contributed by atoms with Gasteiger partial charge in [0.1, 0.15) is 0 Å². The van der Waals surface area contributed by atoms with Gasteiger partial charge in [0.05, 0.1) is 12.2 Å². The minimum atomic E-state index is -0.928. The molecule has 0 bridgehead atoms. The topological polar surface area (TPSA) is 69.6 Å². The summed E-state index contributed by atoms with van der Waals surface area (Å²) < 4.78 is 0. The number of rotatable bonds is 5. The normalized spacial score (nSPS) is 17.6. The van der Waals surface area contributed by atoms with Gasteiger partial charge in [-0.05, 0) is 25.0 Å². The average Bonchev–Trinajstić information content (AvgIpc) is 2.86. The van der Waals surface area contributed by atoms with E-state index in [0.29, 0.717) is 12.2 Å². The first-order valence-electron chi connectivity index (χ1n) is 6.34. The van der Waals surface area contributed by atoms with E-state index >= 15 is 0 Å². The van der Waals surface area contributed by atoms with Crippen molar-refractivity contribution < 1.29 is 15.0 Å². The molecule has 2 rings (SSSR count). The van der Waals surface area contributed by atoms with Crippen LogP contribution < -0.4 is 5.32 Å². The van der Waals surface area contributed by atoms with Crippen LogP contribution in [0.5, 0.6) is 0 Å². The fourth-order valence-electron chi connectivity index (χ4n) is 2.62. The zero-order valence-corrected chi connectivity index (χ0v) is 10.4. The van der Waals surface area contributed by atoms with Crippen LogP contribution >= 0.6 is 0 Å². The third-order valence-electron chi connectivity index (χ3n) is 3.81. The number of para-hydroxylation sites is 1. The van der Waals surface area contributed by atoms with Gasteiger partial charge in [0, 0.05) is 17.6 Å². The second-order valence-electron chi connectivity index (χ2n) is 5.07. The molecule has 0 heterocycles. The molecule has 4 nitrogen and oxygen atoms in total. The maximum atomic E-state index is 11.1. The van der Waals surface area contributed by atoms with Crippen molar-refractivity contribution in [1.82, 2.24) is 0 Å². The molecule has 0 spiro atoms. The molecule has 18 heavy (non-hydrogen) atoms. The highest BCUT2D eigenvalue weighted by Crippen LogP contribution is 2.37. The van der Waals surface area contributed by atoms with Gasteiger partial charge in [-0.15, -0.1) is 0 Å². The number of aromatic carboxylic acids is 1. The molecule has 0 unspecified atom stereocenters. The van der Waals surface area contributed by atoms with Crippen LogP contribution in [0.3, 0.4) is 0 Å². The number of anilines is 1. The summed E-state index contributed by atoms with van der Waals surface area (Å²) in [6.07, 6.45) is 4.29. The number of carboxylic acids is 1. The molecule has 1 saturated carbocycles. The molecule has 1 fully saturated rings. The maximum Gasteiger partial charge on any atom is 0.337 e. The Balaban J connectivity index is 2.08. The van der Waals surface area contributed by atoms with Gasteiger partial charge in [-0.3, -0.25) is 0 Å². The van der Waals surface area contributed by atoms with Gasteiger partial charge in [0.25, 0.3) is 0 Å². The van der Waals surface area contributed by atoms with Crippen molar-refractivity contribution >= 4 is 11.7 Å². The molecule has 0 aliphatic heterocycles. The van der Waals surface area contributed by atoms with Gasteiger partial charge in [-0.2, -0.15) is 0 Å². The number of nitrogens with one attached hydrogen (secondary N) is 1. The van der Waals surface area contributed by atoms with Crippen molar-refractivity contribution in [1.29, 1.82) is 0 Å². The van der Waals surface area contributed by atoms with Crippen LogP contribution in [0.4, 0.5) is 5.69 Å².